The van der Waals surface area contributed by atoms with Crippen molar-refractivity contribution in [2.24, 2.45) is 0 Å². The van der Waals surface area contributed by atoms with E-state index in [1.54, 1.807) is 11.5 Å². The third kappa shape index (κ3) is 2.10. The van der Waals surface area contributed by atoms with E-state index in [0.717, 1.165) is 32.0 Å². The molecule has 1 aliphatic carbocycles. The van der Waals surface area contributed by atoms with E-state index in [1.165, 1.54) is 23.4 Å². The summed E-state index contributed by atoms with van der Waals surface area (Å²) in [5.74, 6) is 1.47. The number of hydrogen-bond donors (Lipinski definition) is 1. The van der Waals surface area contributed by atoms with Crippen LogP contribution in [0.4, 0.5) is 10.8 Å². The highest BCUT2D eigenvalue weighted by Crippen LogP contribution is 2.49. The molecule has 1 saturated heterocycles. The maximum atomic E-state index is 6.04. The van der Waals surface area contributed by atoms with Gasteiger partial charge in [0.25, 0.3) is 0 Å². The van der Waals surface area contributed by atoms with Crippen molar-refractivity contribution in [3.05, 3.63) is 5.56 Å². The lowest BCUT2D eigenvalue weighted by molar-refractivity contribution is 0.200. The van der Waals surface area contributed by atoms with Crippen LogP contribution in [0.15, 0.2) is 0 Å². The Morgan fingerprint density at radius 1 is 1.39 bits per heavy atom. The van der Waals surface area contributed by atoms with Gasteiger partial charge in [0.2, 0.25) is 0 Å². The van der Waals surface area contributed by atoms with E-state index in [4.69, 9.17) is 5.73 Å². The minimum atomic E-state index is 0.624. The van der Waals surface area contributed by atoms with E-state index in [9.17, 15) is 0 Å². The van der Waals surface area contributed by atoms with Gasteiger partial charge in [-0.2, -0.15) is 4.37 Å². The first kappa shape index (κ1) is 12.2. The molecule has 0 radical (unpaired) electrons. The molecule has 2 N–H and O–H groups in total. The number of nitrogens with zero attached hydrogens (tertiary/aromatic N) is 3. The zero-order valence-corrected chi connectivity index (χ0v) is 12.0. The van der Waals surface area contributed by atoms with Crippen LogP contribution in [0.25, 0.3) is 0 Å². The predicted octanol–water partition coefficient (Wildman–Crippen LogP) is 2.13. The Kier molecular flexibility index (Phi) is 3.20. The summed E-state index contributed by atoms with van der Waals surface area (Å²) in [6.07, 6.45) is 2.58. The Hall–Kier alpha value is -0.810. The van der Waals surface area contributed by atoms with Gasteiger partial charge in [0.1, 0.15) is 10.8 Å². The maximum absolute atomic E-state index is 6.04. The van der Waals surface area contributed by atoms with E-state index < -0.39 is 0 Å². The van der Waals surface area contributed by atoms with E-state index in [2.05, 4.69) is 28.0 Å². The molecule has 3 rings (SSSR count). The Labute approximate surface area is 113 Å². The van der Waals surface area contributed by atoms with Gasteiger partial charge in [0, 0.05) is 31.2 Å². The van der Waals surface area contributed by atoms with Gasteiger partial charge in [-0.1, -0.05) is 6.92 Å². The minimum absolute atomic E-state index is 0.624. The first-order valence-electron chi connectivity index (χ1n) is 6.94. The third-order valence-electron chi connectivity index (χ3n) is 4.18. The standard InChI is InChI=1S/C13H22N4S/c1-3-16-6-7-17(8-9(16)2)13-11(10-4-5-10)12(14)15-18-13/h9-10H,3-8H2,1-2H3,(H2,14,15). The van der Waals surface area contributed by atoms with Crippen molar-refractivity contribution in [1.29, 1.82) is 0 Å². The second-order valence-corrected chi connectivity index (χ2v) is 6.24. The van der Waals surface area contributed by atoms with Crippen molar-refractivity contribution in [1.82, 2.24) is 9.27 Å². The molecule has 0 spiro atoms. The van der Waals surface area contributed by atoms with Crippen LogP contribution in [-0.2, 0) is 0 Å². The normalized spacial score (nSPS) is 25.7. The van der Waals surface area contributed by atoms with Crippen molar-refractivity contribution in [2.75, 3.05) is 36.8 Å². The molecule has 2 heterocycles. The fourth-order valence-electron chi connectivity index (χ4n) is 2.93. The number of rotatable bonds is 3. The number of hydrogen-bond acceptors (Lipinski definition) is 5. The highest BCUT2D eigenvalue weighted by atomic mass is 32.1. The fourth-order valence-corrected chi connectivity index (χ4v) is 3.87. The van der Waals surface area contributed by atoms with Crippen molar-refractivity contribution in [3.8, 4) is 0 Å². The molecule has 1 aromatic heterocycles. The summed E-state index contributed by atoms with van der Waals surface area (Å²) in [4.78, 5) is 5.04. The second-order valence-electron chi connectivity index (χ2n) is 5.48. The molecule has 100 valence electrons. The molecule has 18 heavy (non-hydrogen) atoms. The lowest BCUT2D eigenvalue weighted by atomic mass is 10.1. The van der Waals surface area contributed by atoms with E-state index in [-0.39, 0.29) is 0 Å². The van der Waals surface area contributed by atoms with Crippen molar-refractivity contribution in [3.63, 3.8) is 0 Å². The van der Waals surface area contributed by atoms with Crippen molar-refractivity contribution < 1.29 is 0 Å². The molecule has 1 unspecified atom stereocenters. The first-order chi connectivity index (χ1) is 8.70. The molecule has 0 aromatic carbocycles. The lowest BCUT2D eigenvalue weighted by Gasteiger charge is -2.40. The summed E-state index contributed by atoms with van der Waals surface area (Å²) in [7, 11) is 0. The summed E-state index contributed by atoms with van der Waals surface area (Å²) in [5.41, 5.74) is 7.38. The van der Waals surface area contributed by atoms with Crippen molar-refractivity contribution >= 4 is 22.4 Å². The maximum Gasteiger partial charge on any atom is 0.142 e. The highest BCUT2D eigenvalue weighted by Gasteiger charge is 2.34. The van der Waals surface area contributed by atoms with Crippen LogP contribution in [0.3, 0.4) is 0 Å². The Morgan fingerprint density at radius 2 is 2.17 bits per heavy atom. The number of nitrogen functional groups attached to an aromatic ring is 1. The van der Waals surface area contributed by atoms with E-state index in [1.807, 2.05) is 0 Å². The van der Waals surface area contributed by atoms with Gasteiger partial charge in [-0.25, -0.2) is 0 Å². The number of piperazine rings is 1. The van der Waals surface area contributed by atoms with Crippen molar-refractivity contribution in [2.45, 2.75) is 38.6 Å². The number of aromatic nitrogens is 1. The van der Waals surface area contributed by atoms with Gasteiger partial charge in [-0.05, 0) is 43.8 Å². The lowest BCUT2D eigenvalue weighted by Crippen LogP contribution is -2.51. The summed E-state index contributed by atoms with van der Waals surface area (Å²) in [6.45, 7) is 9.08. The van der Waals surface area contributed by atoms with Crippen LogP contribution in [0.2, 0.25) is 0 Å². The summed E-state index contributed by atoms with van der Waals surface area (Å²) < 4.78 is 4.38. The molecule has 2 fully saturated rings. The van der Waals surface area contributed by atoms with Gasteiger partial charge in [-0.15, -0.1) is 0 Å². The van der Waals surface area contributed by atoms with Crippen LogP contribution in [-0.4, -0.2) is 41.5 Å². The average molecular weight is 266 g/mol. The smallest absolute Gasteiger partial charge is 0.142 e. The molecule has 1 atom stereocenters. The molecule has 1 aliphatic heterocycles. The summed E-state index contributed by atoms with van der Waals surface area (Å²) in [6, 6.07) is 0.624. The fraction of sp³-hybridized carbons (Fsp3) is 0.769. The Morgan fingerprint density at radius 3 is 2.78 bits per heavy atom. The van der Waals surface area contributed by atoms with E-state index >= 15 is 0 Å². The van der Waals surface area contributed by atoms with Gasteiger partial charge in [0.15, 0.2) is 0 Å². The number of anilines is 2. The molecular weight excluding hydrogens is 244 g/mol. The Balaban J connectivity index is 1.79. The molecule has 2 aliphatic rings. The van der Waals surface area contributed by atoms with Crippen LogP contribution in [0.5, 0.6) is 0 Å². The van der Waals surface area contributed by atoms with Gasteiger partial charge >= 0.3 is 0 Å². The van der Waals surface area contributed by atoms with Crippen LogP contribution in [0, 0.1) is 0 Å². The van der Waals surface area contributed by atoms with Gasteiger partial charge in [-0.3, -0.25) is 4.90 Å². The highest BCUT2D eigenvalue weighted by molar-refractivity contribution is 7.10. The zero-order valence-electron chi connectivity index (χ0n) is 11.2. The average Bonchev–Trinajstić information content (AvgIpc) is 3.12. The summed E-state index contributed by atoms with van der Waals surface area (Å²) in [5, 5.41) is 1.35. The minimum Gasteiger partial charge on any atom is -0.383 e. The topological polar surface area (TPSA) is 45.4 Å². The van der Waals surface area contributed by atoms with E-state index in [0.29, 0.717) is 12.0 Å². The molecule has 1 aromatic rings. The van der Waals surface area contributed by atoms with Crippen LogP contribution >= 0.6 is 11.5 Å². The molecular formula is C13H22N4S. The summed E-state index contributed by atoms with van der Waals surface area (Å²) >= 11 is 1.59. The molecule has 5 heteroatoms. The zero-order chi connectivity index (χ0) is 12.7. The van der Waals surface area contributed by atoms with Gasteiger partial charge < -0.3 is 10.6 Å². The van der Waals surface area contributed by atoms with Crippen LogP contribution < -0.4 is 10.6 Å². The number of likely N-dealkylation sites (N-methyl/N-ethyl adjacent to an activating group) is 1. The quantitative estimate of drug-likeness (QED) is 0.910. The molecule has 4 nitrogen and oxygen atoms in total. The van der Waals surface area contributed by atoms with Gasteiger partial charge in [0.05, 0.1) is 0 Å². The third-order valence-corrected chi connectivity index (χ3v) is 5.12. The first-order valence-corrected chi connectivity index (χ1v) is 7.72. The van der Waals surface area contributed by atoms with Crippen LogP contribution in [0.1, 0.15) is 38.2 Å². The largest absolute Gasteiger partial charge is 0.383 e. The molecule has 1 saturated carbocycles. The monoisotopic (exact) mass is 266 g/mol. The number of nitrogens with two attached hydrogens (primary N) is 1. The Bertz CT molecular complexity index is 427. The predicted molar refractivity (Wildman–Crippen MR) is 77.4 cm³/mol. The molecule has 0 bridgehead atoms. The second kappa shape index (κ2) is 4.70. The SMILES string of the molecule is CCN1CCN(c2snc(N)c2C2CC2)CC1C. The molecule has 0 amide bonds.